The number of carbonyl (C=O) groups excluding carboxylic acids is 2. The molecule has 1 aromatic rings. The van der Waals surface area contributed by atoms with E-state index in [4.69, 9.17) is 14.2 Å². The van der Waals surface area contributed by atoms with Crippen LogP contribution in [0.3, 0.4) is 0 Å². The number of likely N-dealkylation sites (N-methyl/N-ethyl adjacent to an activating group) is 1. The van der Waals surface area contributed by atoms with Gasteiger partial charge in [-0.1, -0.05) is 20.8 Å². The second kappa shape index (κ2) is 16.7. The molecule has 2 aliphatic heterocycles. The van der Waals surface area contributed by atoms with Gasteiger partial charge in [-0.05, 0) is 90.6 Å². The Bertz CT molecular complexity index is 1240. The standard InChI is InChI=1S/C35H58FN3O10/c1-10-26-35(8,46)29(42)22(6)37-17-18(2)16-34(7,45)30(20(4)27(40)21(5)31(43)48-26)49-32-28(41)25(15-19(3)47-32)39(9)33(44)38-24-13-11-23(36)12-14-24/h11-14,18-22,25-30,32,37,40-42,45-46H,10,15-17H2,1-9H3,(H,38,44)/t18-,19-,20+,21-,22-,25+,26-,27+,28-,29-,30-,32+,34-,35-/m1/s1. The van der Waals surface area contributed by atoms with Crippen LogP contribution in [-0.4, -0.2) is 122 Å². The molecule has 0 unspecified atom stereocenters. The fraction of sp³-hybridized carbons (Fsp3) is 0.771. The minimum absolute atomic E-state index is 0.138. The first-order valence-corrected chi connectivity index (χ1v) is 17.2. The van der Waals surface area contributed by atoms with Crippen molar-refractivity contribution in [2.45, 2.75) is 141 Å². The Morgan fingerprint density at radius 3 is 2.29 bits per heavy atom. The Labute approximate surface area is 289 Å². The zero-order valence-corrected chi connectivity index (χ0v) is 30.2. The number of halogens is 1. The Kier molecular flexibility index (Phi) is 14.0. The zero-order valence-electron chi connectivity index (χ0n) is 30.2. The van der Waals surface area contributed by atoms with Crippen molar-refractivity contribution in [3.8, 4) is 0 Å². The van der Waals surface area contributed by atoms with Gasteiger partial charge in [0.05, 0.1) is 35.9 Å². The van der Waals surface area contributed by atoms with Gasteiger partial charge in [-0.3, -0.25) is 4.79 Å². The highest BCUT2D eigenvalue weighted by Crippen LogP contribution is 2.36. The molecule has 49 heavy (non-hydrogen) atoms. The van der Waals surface area contributed by atoms with Crippen molar-refractivity contribution in [1.29, 1.82) is 0 Å². The molecule has 14 heteroatoms. The number of carbonyl (C=O) groups is 2. The third-order valence-corrected chi connectivity index (χ3v) is 10.2. The lowest BCUT2D eigenvalue weighted by molar-refractivity contribution is -0.298. The quantitative estimate of drug-likeness (QED) is 0.224. The molecule has 0 radical (unpaired) electrons. The van der Waals surface area contributed by atoms with Crippen LogP contribution in [0.5, 0.6) is 0 Å². The molecule has 13 nitrogen and oxygen atoms in total. The lowest BCUT2D eigenvalue weighted by Gasteiger charge is -2.47. The molecular weight excluding hydrogens is 641 g/mol. The van der Waals surface area contributed by atoms with E-state index < -0.39 is 95.9 Å². The van der Waals surface area contributed by atoms with E-state index in [1.165, 1.54) is 50.1 Å². The maximum Gasteiger partial charge on any atom is 0.321 e. The van der Waals surface area contributed by atoms with E-state index in [2.05, 4.69) is 10.6 Å². The Morgan fingerprint density at radius 2 is 1.69 bits per heavy atom. The average molecular weight is 700 g/mol. The van der Waals surface area contributed by atoms with Crippen LogP contribution in [0.15, 0.2) is 24.3 Å². The van der Waals surface area contributed by atoms with Crippen molar-refractivity contribution in [3.05, 3.63) is 30.1 Å². The van der Waals surface area contributed by atoms with E-state index in [0.29, 0.717) is 12.2 Å². The number of esters is 1. The molecule has 2 saturated heterocycles. The van der Waals surface area contributed by atoms with Gasteiger partial charge in [-0.25, -0.2) is 9.18 Å². The summed E-state index contributed by atoms with van der Waals surface area (Å²) in [4.78, 5) is 27.8. The van der Waals surface area contributed by atoms with E-state index >= 15 is 0 Å². The highest BCUT2D eigenvalue weighted by Gasteiger charge is 2.49. The summed E-state index contributed by atoms with van der Waals surface area (Å²) in [7, 11) is 1.51. The minimum atomic E-state index is -1.81. The molecule has 0 aromatic heterocycles. The molecule has 14 atom stereocenters. The van der Waals surface area contributed by atoms with Gasteiger partial charge in [0.15, 0.2) is 6.29 Å². The van der Waals surface area contributed by atoms with Crippen LogP contribution < -0.4 is 10.6 Å². The zero-order chi connectivity index (χ0) is 37.0. The number of aliphatic hydroxyl groups is 5. The number of benzene rings is 1. The summed E-state index contributed by atoms with van der Waals surface area (Å²) in [5.41, 5.74) is -3.09. The smallest absolute Gasteiger partial charge is 0.321 e. The Hall–Kier alpha value is -2.43. The van der Waals surface area contributed by atoms with E-state index in [0.717, 1.165) is 0 Å². The molecule has 0 saturated carbocycles. The molecule has 1 aromatic carbocycles. The van der Waals surface area contributed by atoms with Crippen LogP contribution in [0.2, 0.25) is 0 Å². The van der Waals surface area contributed by atoms with Gasteiger partial charge in [0, 0.05) is 24.7 Å². The lowest BCUT2D eigenvalue weighted by atomic mass is 9.78. The first-order chi connectivity index (χ1) is 22.7. The van der Waals surface area contributed by atoms with Crippen molar-refractivity contribution < 1.29 is 53.7 Å². The monoisotopic (exact) mass is 699 g/mol. The molecule has 2 fully saturated rings. The number of aliphatic hydroxyl groups excluding tert-OH is 3. The highest BCUT2D eigenvalue weighted by atomic mass is 19.1. The predicted octanol–water partition coefficient (Wildman–Crippen LogP) is 2.37. The third kappa shape index (κ3) is 9.88. The molecule has 0 bridgehead atoms. The number of hydrogen-bond acceptors (Lipinski definition) is 11. The minimum Gasteiger partial charge on any atom is -0.459 e. The van der Waals surface area contributed by atoms with Gasteiger partial charge in [0.2, 0.25) is 0 Å². The second-order valence-electron chi connectivity index (χ2n) is 14.7. The van der Waals surface area contributed by atoms with Crippen molar-refractivity contribution in [2.75, 3.05) is 18.9 Å². The molecular formula is C35H58FN3O10. The van der Waals surface area contributed by atoms with Crippen molar-refractivity contribution in [3.63, 3.8) is 0 Å². The average Bonchev–Trinajstić information content (AvgIpc) is 3.04. The van der Waals surface area contributed by atoms with Crippen LogP contribution in [-0.2, 0) is 19.0 Å². The summed E-state index contributed by atoms with van der Waals surface area (Å²) in [6.45, 7) is 13.4. The highest BCUT2D eigenvalue weighted by molar-refractivity contribution is 5.89. The summed E-state index contributed by atoms with van der Waals surface area (Å²) in [5, 5.41) is 63.3. The van der Waals surface area contributed by atoms with Gasteiger partial charge >= 0.3 is 12.0 Å². The number of urea groups is 1. The van der Waals surface area contributed by atoms with Gasteiger partial charge in [0.1, 0.15) is 29.7 Å². The molecule has 7 N–H and O–H groups in total. The van der Waals surface area contributed by atoms with Gasteiger partial charge in [-0.15, -0.1) is 0 Å². The number of anilines is 1. The molecule has 3 rings (SSSR count). The number of hydrogen-bond donors (Lipinski definition) is 7. The normalized spacial score (nSPS) is 41.6. The number of nitrogens with one attached hydrogen (secondary N) is 2. The third-order valence-electron chi connectivity index (χ3n) is 10.2. The van der Waals surface area contributed by atoms with E-state index in [-0.39, 0.29) is 25.2 Å². The van der Waals surface area contributed by atoms with Gasteiger partial charge < -0.3 is 55.3 Å². The first-order valence-electron chi connectivity index (χ1n) is 17.2. The van der Waals surface area contributed by atoms with E-state index in [9.17, 15) is 39.5 Å². The first kappa shape index (κ1) is 41.0. The maximum atomic E-state index is 13.4. The van der Waals surface area contributed by atoms with Crippen molar-refractivity contribution >= 4 is 17.7 Å². The molecule has 2 heterocycles. The van der Waals surface area contributed by atoms with Crippen LogP contribution in [0, 0.1) is 23.6 Å². The van der Waals surface area contributed by atoms with Crippen molar-refractivity contribution in [1.82, 2.24) is 10.2 Å². The Morgan fingerprint density at radius 1 is 1.08 bits per heavy atom. The topological polar surface area (TPSA) is 190 Å². The fourth-order valence-corrected chi connectivity index (χ4v) is 7.13. The number of amides is 2. The van der Waals surface area contributed by atoms with E-state index in [1.807, 2.05) is 6.92 Å². The number of cyclic esters (lactones) is 1. The van der Waals surface area contributed by atoms with Crippen molar-refractivity contribution in [2.24, 2.45) is 17.8 Å². The van der Waals surface area contributed by atoms with Crippen LogP contribution in [0.25, 0.3) is 0 Å². The van der Waals surface area contributed by atoms with E-state index in [1.54, 1.807) is 34.6 Å². The van der Waals surface area contributed by atoms with Gasteiger partial charge in [0.25, 0.3) is 0 Å². The number of ether oxygens (including phenoxy) is 3. The molecule has 0 aliphatic carbocycles. The summed E-state index contributed by atoms with van der Waals surface area (Å²) in [6, 6.07) is 3.31. The van der Waals surface area contributed by atoms with Crippen LogP contribution in [0.1, 0.15) is 74.7 Å². The lowest BCUT2D eigenvalue weighted by Crippen LogP contribution is -2.60. The van der Waals surface area contributed by atoms with Crippen LogP contribution >= 0.6 is 0 Å². The summed E-state index contributed by atoms with van der Waals surface area (Å²) in [6.07, 6.45) is -7.61. The largest absolute Gasteiger partial charge is 0.459 e. The molecule has 280 valence electrons. The fourth-order valence-electron chi connectivity index (χ4n) is 7.13. The van der Waals surface area contributed by atoms with Crippen LogP contribution in [0.4, 0.5) is 14.9 Å². The predicted molar refractivity (Wildman–Crippen MR) is 180 cm³/mol. The summed E-state index contributed by atoms with van der Waals surface area (Å²) < 4.78 is 31.5. The SMILES string of the molecule is CC[C@H]1OC(=O)[C@H](C)[C@@H](O)[C@H](C)[C@@H](O[C@@H]2O[C@H](C)C[C@H](N(C)C(=O)Nc3ccc(F)cc3)[C@H]2O)[C@](C)(O)C[C@@H](C)CN[C@H](C)[C@@H](O)[C@]1(C)O. The second-order valence-corrected chi connectivity index (χ2v) is 14.7. The summed E-state index contributed by atoms with van der Waals surface area (Å²) >= 11 is 0. The maximum absolute atomic E-state index is 13.4. The molecule has 2 aliphatic rings. The molecule has 2 amide bonds. The van der Waals surface area contributed by atoms with Gasteiger partial charge in [-0.2, -0.15) is 0 Å². The molecule has 0 spiro atoms. The number of nitrogens with zero attached hydrogens (tertiary/aromatic N) is 1. The Balaban J connectivity index is 1.92. The number of rotatable bonds is 5. The summed E-state index contributed by atoms with van der Waals surface area (Å²) in [5.74, 6) is -3.52.